The largest absolute Gasteiger partial charge is 0.495 e. The molecule has 0 unspecified atom stereocenters. The number of carbonyl (C=O) groups excluding carboxylic acids is 1. The van der Waals surface area contributed by atoms with Gasteiger partial charge in [-0.05, 0) is 60.2 Å². The quantitative estimate of drug-likeness (QED) is 0.420. The fraction of sp³-hybridized carbons (Fsp3) is 0.296. The van der Waals surface area contributed by atoms with Crippen molar-refractivity contribution in [2.24, 2.45) is 0 Å². The van der Waals surface area contributed by atoms with Gasteiger partial charge >= 0.3 is 0 Å². The van der Waals surface area contributed by atoms with E-state index in [2.05, 4.69) is 34.9 Å². The molecule has 6 nitrogen and oxygen atoms in total. The maximum Gasteiger partial charge on any atom is 0.262 e. The average Bonchev–Trinajstić information content (AvgIpc) is 2.87. The summed E-state index contributed by atoms with van der Waals surface area (Å²) >= 11 is 5.97. The number of anilines is 1. The highest BCUT2D eigenvalue weighted by atomic mass is 35.5. The van der Waals surface area contributed by atoms with Crippen LogP contribution in [0, 0.1) is 0 Å². The van der Waals surface area contributed by atoms with Gasteiger partial charge in [-0.25, -0.2) is 0 Å². The molecule has 0 saturated carbocycles. The molecule has 2 N–H and O–H groups in total. The molecule has 0 fully saturated rings. The van der Waals surface area contributed by atoms with Crippen LogP contribution in [0.2, 0.25) is 5.02 Å². The lowest BCUT2D eigenvalue weighted by atomic mass is 9.87. The van der Waals surface area contributed by atoms with Crippen LogP contribution in [0.1, 0.15) is 35.6 Å². The Kier molecular flexibility index (Phi) is 7.93. The predicted molar refractivity (Wildman–Crippen MR) is 134 cm³/mol. The van der Waals surface area contributed by atoms with Crippen LogP contribution in [0.25, 0.3) is 0 Å². The van der Waals surface area contributed by atoms with Crippen LogP contribution in [-0.4, -0.2) is 26.7 Å². The van der Waals surface area contributed by atoms with Gasteiger partial charge < -0.3 is 24.8 Å². The van der Waals surface area contributed by atoms with Gasteiger partial charge in [0.1, 0.15) is 5.75 Å². The molecule has 0 bridgehead atoms. The van der Waals surface area contributed by atoms with Crippen LogP contribution in [0.5, 0.6) is 17.2 Å². The van der Waals surface area contributed by atoms with Crippen LogP contribution in [-0.2, 0) is 17.8 Å². The number of carbonyl (C=O) groups is 1. The van der Waals surface area contributed by atoms with E-state index in [0.29, 0.717) is 40.5 Å². The van der Waals surface area contributed by atoms with Crippen molar-refractivity contribution in [3.05, 3.63) is 82.4 Å². The Morgan fingerprint density at radius 2 is 1.82 bits per heavy atom. The van der Waals surface area contributed by atoms with E-state index < -0.39 is 0 Å². The molecule has 34 heavy (non-hydrogen) atoms. The second-order valence-electron chi connectivity index (χ2n) is 8.19. The summed E-state index contributed by atoms with van der Waals surface area (Å²) in [5.74, 6) is 1.26. The maximum absolute atomic E-state index is 12.4. The van der Waals surface area contributed by atoms with Gasteiger partial charge in [0.05, 0.1) is 19.9 Å². The Labute approximate surface area is 205 Å². The maximum atomic E-state index is 12.4. The average molecular weight is 481 g/mol. The van der Waals surface area contributed by atoms with E-state index in [9.17, 15) is 4.79 Å². The lowest BCUT2D eigenvalue weighted by Gasteiger charge is -2.26. The fourth-order valence-corrected chi connectivity index (χ4v) is 4.41. The molecule has 178 valence electrons. The molecule has 1 aliphatic carbocycles. The van der Waals surface area contributed by atoms with Crippen molar-refractivity contribution in [3.8, 4) is 17.2 Å². The first-order valence-electron chi connectivity index (χ1n) is 11.3. The number of hydrogen-bond acceptors (Lipinski definition) is 5. The van der Waals surface area contributed by atoms with Crippen molar-refractivity contribution in [2.75, 3.05) is 26.1 Å². The predicted octanol–water partition coefficient (Wildman–Crippen LogP) is 5.54. The Morgan fingerprint density at radius 1 is 1.00 bits per heavy atom. The van der Waals surface area contributed by atoms with Gasteiger partial charge in [-0.3, -0.25) is 4.79 Å². The molecule has 0 aliphatic heterocycles. The van der Waals surface area contributed by atoms with E-state index in [0.717, 1.165) is 18.4 Å². The van der Waals surface area contributed by atoms with Crippen molar-refractivity contribution in [1.29, 1.82) is 0 Å². The van der Waals surface area contributed by atoms with Gasteiger partial charge in [0, 0.05) is 23.7 Å². The topological polar surface area (TPSA) is 68.8 Å². The molecule has 0 spiro atoms. The van der Waals surface area contributed by atoms with E-state index in [4.69, 9.17) is 25.8 Å². The molecular weight excluding hydrogens is 452 g/mol. The second kappa shape index (κ2) is 11.3. The Morgan fingerprint density at radius 3 is 2.65 bits per heavy atom. The fourth-order valence-electron chi connectivity index (χ4n) is 4.25. The molecule has 3 aromatic rings. The molecule has 1 amide bonds. The number of amides is 1. The molecule has 3 aromatic carbocycles. The number of nitrogens with one attached hydrogen (secondary N) is 2. The highest BCUT2D eigenvalue weighted by Crippen LogP contribution is 2.32. The third-order valence-corrected chi connectivity index (χ3v) is 6.18. The third-order valence-electron chi connectivity index (χ3n) is 5.95. The summed E-state index contributed by atoms with van der Waals surface area (Å²) < 4.78 is 16.5. The van der Waals surface area contributed by atoms with Gasteiger partial charge in [-0.15, -0.1) is 0 Å². The molecule has 0 radical (unpaired) electrons. The van der Waals surface area contributed by atoms with E-state index in [1.165, 1.54) is 24.7 Å². The van der Waals surface area contributed by atoms with Gasteiger partial charge in [-0.1, -0.05) is 41.9 Å². The van der Waals surface area contributed by atoms with Crippen molar-refractivity contribution in [2.45, 2.75) is 31.8 Å². The summed E-state index contributed by atoms with van der Waals surface area (Å²) in [4.78, 5) is 12.4. The molecule has 0 aromatic heterocycles. The number of aryl methyl sites for hydroxylation is 1. The lowest BCUT2D eigenvalue weighted by Crippen LogP contribution is -2.24. The second-order valence-corrected chi connectivity index (χ2v) is 8.63. The third kappa shape index (κ3) is 5.82. The summed E-state index contributed by atoms with van der Waals surface area (Å²) in [5.41, 5.74) is 4.44. The van der Waals surface area contributed by atoms with Crippen LogP contribution in [0.15, 0.2) is 60.7 Å². The summed E-state index contributed by atoms with van der Waals surface area (Å²) in [5, 5.41) is 6.98. The molecular formula is C27H29ClN2O4. The minimum atomic E-state index is -0.315. The summed E-state index contributed by atoms with van der Waals surface area (Å²) in [6.45, 7) is 0.547. The highest BCUT2D eigenvalue weighted by molar-refractivity contribution is 6.30. The lowest BCUT2D eigenvalue weighted by molar-refractivity contribution is -0.118. The number of rotatable bonds is 9. The number of methoxy groups -OCH3 is 2. The van der Waals surface area contributed by atoms with Gasteiger partial charge in [0.15, 0.2) is 18.1 Å². The standard InChI is InChI=1S/C27H29ClN2O4/c1-32-25-15-20(28)11-12-23(25)30-27(31)17-34-24-13-10-18(14-26(24)33-2)16-29-22-9-5-7-19-6-3-4-8-21(19)22/h3-4,6,8,10-15,22,29H,5,7,9,16-17H2,1-2H3,(H,30,31)/t22-/m1/s1. The van der Waals surface area contributed by atoms with Gasteiger partial charge in [0.25, 0.3) is 5.91 Å². The van der Waals surface area contributed by atoms with Crippen LogP contribution in [0.3, 0.4) is 0 Å². The number of fused-ring (bicyclic) bond motifs is 1. The van der Waals surface area contributed by atoms with E-state index in [1.54, 1.807) is 25.3 Å². The molecule has 4 rings (SSSR count). The molecule has 1 aliphatic rings. The van der Waals surface area contributed by atoms with Crippen LogP contribution < -0.4 is 24.8 Å². The summed E-state index contributed by atoms with van der Waals surface area (Å²) in [7, 11) is 3.11. The molecule has 1 atom stereocenters. The first-order valence-corrected chi connectivity index (χ1v) is 11.7. The van der Waals surface area contributed by atoms with Crippen molar-refractivity contribution < 1.29 is 19.0 Å². The SMILES string of the molecule is COc1cc(Cl)ccc1NC(=O)COc1ccc(CN[C@@H]2CCCc3ccccc32)cc1OC. The van der Waals surface area contributed by atoms with Crippen LogP contribution >= 0.6 is 11.6 Å². The van der Waals surface area contributed by atoms with Gasteiger partial charge in [0.2, 0.25) is 0 Å². The Balaban J connectivity index is 1.35. The zero-order chi connectivity index (χ0) is 23.9. The van der Waals surface area contributed by atoms with Crippen LogP contribution in [0.4, 0.5) is 5.69 Å². The number of halogens is 1. The summed E-state index contributed by atoms with van der Waals surface area (Å²) in [6, 6.07) is 19.8. The monoisotopic (exact) mass is 480 g/mol. The van der Waals surface area contributed by atoms with E-state index in [-0.39, 0.29) is 12.5 Å². The minimum absolute atomic E-state index is 0.168. The van der Waals surface area contributed by atoms with Crippen molar-refractivity contribution >= 4 is 23.2 Å². The number of ether oxygens (including phenoxy) is 3. The number of benzene rings is 3. The van der Waals surface area contributed by atoms with Crippen molar-refractivity contribution in [3.63, 3.8) is 0 Å². The van der Waals surface area contributed by atoms with E-state index in [1.807, 2.05) is 18.2 Å². The molecule has 7 heteroatoms. The first kappa shape index (κ1) is 23.9. The van der Waals surface area contributed by atoms with Crippen molar-refractivity contribution in [1.82, 2.24) is 5.32 Å². The zero-order valence-corrected chi connectivity index (χ0v) is 20.2. The minimum Gasteiger partial charge on any atom is -0.495 e. The normalized spacial score (nSPS) is 14.7. The Hall–Kier alpha value is -3.22. The highest BCUT2D eigenvalue weighted by Gasteiger charge is 2.19. The molecule has 0 heterocycles. The zero-order valence-electron chi connectivity index (χ0n) is 19.4. The van der Waals surface area contributed by atoms with E-state index >= 15 is 0 Å². The summed E-state index contributed by atoms with van der Waals surface area (Å²) in [6.07, 6.45) is 3.46. The van der Waals surface area contributed by atoms with Gasteiger partial charge in [-0.2, -0.15) is 0 Å². The Bertz CT molecular complexity index is 1150. The first-order chi connectivity index (χ1) is 16.6. The number of hydrogen-bond donors (Lipinski definition) is 2. The molecule has 0 saturated heterocycles. The smallest absolute Gasteiger partial charge is 0.262 e.